The minimum atomic E-state index is -0.194. The largest absolute Gasteiger partial charge is 0.294 e. The fourth-order valence-electron chi connectivity index (χ4n) is 5.81. The summed E-state index contributed by atoms with van der Waals surface area (Å²) in [6.45, 7) is 0. The number of hydrogen-bond acceptors (Lipinski definition) is 6. The lowest BCUT2D eigenvalue weighted by atomic mass is 9.89. The number of fused-ring (bicyclic) bond motifs is 2. The van der Waals surface area contributed by atoms with Gasteiger partial charge in [0, 0.05) is 49.2 Å². The Kier molecular flexibility index (Phi) is 11.0. The smallest absolute Gasteiger partial charge is 0.183 e. The van der Waals surface area contributed by atoms with Crippen LogP contribution in [0.25, 0.3) is 0 Å². The van der Waals surface area contributed by atoms with E-state index in [0.717, 1.165) is 32.1 Å². The molecule has 2 aliphatic rings. The molecule has 6 rings (SSSR count). The Labute approximate surface area is 273 Å². The van der Waals surface area contributed by atoms with Gasteiger partial charge in [-0.05, 0) is 104 Å². The average Bonchev–Trinajstić information content (AvgIpc) is 3.54. The highest BCUT2D eigenvalue weighted by Crippen LogP contribution is 2.25. The van der Waals surface area contributed by atoms with Gasteiger partial charge in [-0.2, -0.15) is 0 Å². The highest BCUT2D eigenvalue weighted by Gasteiger charge is 2.18. The molecule has 2 aromatic carbocycles. The first-order valence-electron chi connectivity index (χ1n) is 15.4. The van der Waals surface area contributed by atoms with E-state index in [2.05, 4.69) is 16.0 Å². The van der Waals surface area contributed by atoms with Crippen LogP contribution >= 0.6 is 23.2 Å². The zero-order valence-electron chi connectivity index (χ0n) is 25.0. The molecule has 0 bridgehead atoms. The molecule has 0 N–H and O–H groups in total. The van der Waals surface area contributed by atoms with E-state index in [-0.39, 0.29) is 60.2 Å². The predicted molar refractivity (Wildman–Crippen MR) is 176 cm³/mol. The van der Waals surface area contributed by atoms with E-state index in [1.807, 2.05) is 30.3 Å². The number of benzene rings is 2. The van der Waals surface area contributed by atoms with Crippen LogP contribution < -0.4 is 0 Å². The number of carbonyl (C=O) groups excluding carboxylic acids is 4. The number of pyridine rings is 2. The summed E-state index contributed by atoms with van der Waals surface area (Å²) >= 11 is 11.9. The molecule has 2 aromatic heterocycles. The number of aryl methyl sites for hydroxylation is 4. The number of Topliss-reactive ketones (excluding diaryl/α,β-unsaturated/α-hetero) is 4. The third kappa shape index (κ3) is 8.38. The van der Waals surface area contributed by atoms with Crippen LogP contribution in [0.5, 0.6) is 0 Å². The van der Waals surface area contributed by atoms with Gasteiger partial charge < -0.3 is 0 Å². The van der Waals surface area contributed by atoms with Crippen molar-refractivity contribution in [1.29, 1.82) is 0 Å². The van der Waals surface area contributed by atoms with Crippen LogP contribution in [0.15, 0.2) is 73.1 Å². The SMILES string of the molecule is O=C(CCC(=O)c1ncccc1Cl)c1ccc2c(c1)CCC2.O=C(CCC(=O)c1ncccc1Cl)c1ccc2c(c1)CCCC2. The van der Waals surface area contributed by atoms with Gasteiger partial charge in [-0.25, -0.2) is 0 Å². The van der Waals surface area contributed by atoms with Crippen LogP contribution in [0, 0.1) is 0 Å². The van der Waals surface area contributed by atoms with Crippen LogP contribution in [0.3, 0.4) is 0 Å². The molecule has 0 unspecified atom stereocenters. The predicted octanol–water partition coefficient (Wildman–Crippen LogP) is 8.53. The maximum atomic E-state index is 12.3. The van der Waals surface area contributed by atoms with Crippen molar-refractivity contribution < 1.29 is 19.2 Å². The first kappa shape index (κ1) is 32.4. The Hall–Kier alpha value is -4.00. The van der Waals surface area contributed by atoms with Crippen LogP contribution in [-0.2, 0) is 25.7 Å². The number of ketones is 4. The number of aromatic nitrogens is 2. The van der Waals surface area contributed by atoms with E-state index in [1.54, 1.807) is 24.3 Å². The topological polar surface area (TPSA) is 94.1 Å². The van der Waals surface area contributed by atoms with Gasteiger partial charge in [0.1, 0.15) is 11.4 Å². The molecule has 2 aliphatic carbocycles. The summed E-state index contributed by atoms with van der Waals surface area (Å²) in [4.78, 5) is 56.8. The average molecular weight is 642 g/mol. The summed E-state index contributed by atoms with van der Waals surface area (Å²) < 4.78 is 0. The number of rotatable bonds is 10. The van der Waals surface area contributed by atoms with Gasteiger partial charge in [0.05, 0.1) is 10.0 Å². The molecule has 0 fully saturated rings. The lowest BCUT2D eigenvalue weighted by Gasteiger charge is -2.16. The normalized spacial score (nSPS) is 13.2. The van der Waals surface area contributed by atoms with E-state index in [9.17, 15) is 19.2 Å². The molecule has 0 saturated heterocycles. The van der Waals surface area contributed by atoms with Gasteiger partial charge in [0.15, 0.2) is 23.1 Å². The van der Waals surface area contributed by atoms with Gasteiger partial charge >= 0.3 is 0 Å². The Morgan fingerprint density at radius 2 is 0.911 bits per heavy atom. The molecule has 6 nitrogen and oxygen atoms in total. The second-order valence-corrected chi connectivity index (χ2v) is 12.2. The molecule has 0 amide bonds. The van der Waals surface area contributed by atoms with Crippen LogP contribution in [0.4, 0.5) is 0 Å². The quantitative estimate of drug-likeness (QED) is 0.161. The molecule has 0 saturated carbocycles. The van der Waals surface area contributed by atoms with Crippen molar-refractivity contribution in [1.82, 2.24) is 9.97 Å². The van der Waals surface area contributed by atoms with Crippen molar-refractivity contribution in [3.8, 4) is 0 Å². The lowest BCUT2D eigenvalue weighted by molar-refractivity contribution is 0.0915. The summed E-state index contributed by atoms with van der Waals surface area (Å²) in [6, 6.07) is 18.4. The first-order valence-corrected chi connectivity index (χ1v) is 16.1. The van der Waals surface area contributed by atoms with Gasteiger partial charge in [-0.15, -0.1) is 0 Å². The number of carbonyl (C=O) groups is 4. The van der Waals surface area contributed by atoms with Crippen molar-refractivity contribution in [2.24, 2.45) is 0 Å². The molecule has 8 heteroatoms. The summed E-state index contributed by atoms with van der Waals surface area (Å²) in [5, 5.41) is 0.663. The third-order valence-electron chi connectivity index (χ3n) is 8.29. The maximum absolute atomic E-state index is 12.3. The third-order valence-corrected chi connectivity index (χ3v) is 8.90. The zero-order valence-corrected chi connectivity index (χ0v) is 26.5. The molecule has 0 spiro atoms. The standard InChI is InChI=1S/C19H18ClNO2.C18H16ClNO2/c20-16-6-3-11-21-19(16)18(23)10-9-17(22)15-8-7-13-4-1-2-5-14(13)12-15;19-15-5-2-10-20-18(15)17(22)9-8-16(21)14-7-6-12-3-1-4-13(12)11-14/h3,6-8,11-12H,1-2,4-5,9-10H2;2,5-7,10-11H,1,3-4,8-9H2. The van der Waals surface area contributed by atoms with Crippen molar-refractivity contribution >= 4 is 46.3 Å². The Morgan fingerprint density at radius 1 is 0.511 bits per heavy atom. The van der Waals surface area contributed by atoms with Crippen molar-refractivity contribution in [3.05, 3.63) is 128 Å². The van der Waals surface area contributed by atoms with Crippen molar-refractivity contribution in [2.45, 2.75) is 70.6 Å². The summed E-state index contributed by atoms with van der Waals surface area (Å²) in [6.07, 6.45) is 11.5. The zero-order chi connectivity index (χ0) is 31.8. The Balaban J connectivity index is 0.000000178. The summed E-state index contributed by atoms with van der Waals surface area (Å²) in [7, 11) is 0. The fourth-order valence-corrected chi connectivity index (χ4v) is 6.27. The van der Waals surface area contributed by atoms with E-state index < -0.39 is 0 Å². The number of nitrogens with zero attached hydrogens (tertiary/aromatic N) is 2. The highest BCUT2D eigenvalue weighted by atomic mass is 35.5. The van der Waals surface area contributed by atoms with Gasteiger partial charge in [0.25, 0.3) is 0 Å². The Morgan fingerprint density at radius 3 is 1.38 bits per heavy atom. The van der Waals surface area contributed by atoms with E-state index in [1.165, 1.54) is 47.5 Å². The molecule has 0 atom stereocenters. The number of halogens is 2. The molecule has 4 aromatic rings. The lowest BCUT2D eigenvalue weighted by Crippen LogP contribution is -2.09. The Bertz CT molecular complexity index is 1750. The first-order chi connectivity index (χ1) is 21.8. The van der Waals surface area contributed by atoms with Crippen LogP contribution in [0.2, 0.25) is 10.0 Å². The van der Waals surface area contributed by atoms with Gasteiger partial charge in [0.2, 0.25) is 0 Å². The molecule has 0 aliphatic heterocycles. The van der Waals surface area contributed by atoms with Gasteiger partial charge in [-0.3, -0.25) is 29.1 Å². The second-order valence-electron chi connectivity index (χ2n) is 11.4. The van der Waals surface area contributed by atoms with Gasteiger partial charge in [-0.1, -0.05) is 47.5 Å². The maximum Gasteiger partial charge on any atom is 0.183 e. The van der Waals surface area contributed by atoms with E-state index in [0.29, 0.717) is 21.2 Å². The van der Waals surface area contributed by atoms with Crippen LogP contribution in [0.1, 0.15) is 109 Å². The highest BCUT2D eigenvalue weighted by molar-refractivity contribution is 6.34. The fraction of sp³-hybridized carbons (Fsp3) is 0.297. The van der Waals surface area contributed by atoms with E-state index in [4.69, 9.17) is 23.2 Å². The van der Waals surface area contributed by atoms with Crippen molar-refractivity contribution in [3.63, 3.8) is 0 Å². The molecule has 230 valence electrons. The molecule has 45 heavy (non-hydrogen) atoms. The molecular weight excluding hydrogens is 607 g/mol. The second kappa shape index (κ2) is 15.3. The molecule has 2 heterocycles. The monoisotopic (exact) mass is 640 g/mol. The molecular formula is C37H34Cl2N2O4. The molecule has 0 radical (unpaired) electrons. The van der Waals surface area contributed by atoms with Crippen LogP contribution in [-0.4, -0.2) is 33.1 Å². The minimum Gasteiger partial charge on any atom is -0.294 e. The van der Waals surface area contributed by atoms with Crippen molar-refractivity contribution in [2.75, 3.05) is 0 Å². The summed E-state index contributed by atoms with van der Waals surface area (Å²) in [5.41, 5.74) is 7.12. The minimum absolute atomic E-state index is 0.00113. The summed E-state index contributed by atoms with van der Waals surface area (Å²) in [5.74, 6) is -0.393. The number of hydrogen-bond donors (Lipinski definition) is 0. The van der Waals surface area contributed by atoms with E-state index >= 15 is 0 Å².